The van der Waals surface area contributed by atoms with E-state index < -0.39 is 6.04 Å². The Kier molecular flexibility index (Phi) is 5.62. The maximum absolute atomic E-state index is 12.8. The summed E-state index contributed by atoms with van der Waals surface area (Å²) < 4.78 is 5.66. The highest BCUT2D eigenvalue weighted by atomic mass is 16.5. The van der Waals surface area contributed by atoms with Gasteiger partial charge in [0.25, 0.3) is 0 Å². The Hall–Kier alpha value is -2.17. The van der Waals surface area contributed by atoms with Crippen molar-refractivity contribution in [3.05, 3.63) is 65.7 Å². The summed E-state index contributed by atoms with van der Waals surface area (Å²) in [6, 6.07) is 17.3. The second kappa shape index (κ2) is 8.08. The average molecular weight is 324 g/mol. The first-order valence-corrected chi connectivity index (χ1v) is 8.50. The van der Waals surface area contributed by atoms with Crippen LogP contribution in [0.2, 0.25) is 0 Å². The van der Waals surface area contributed by atoms with E-state index in [-0.39, 0.29) is 12.0 Å². The first kappa shape index (κ1) is 16.7. The van der Waals surface area contributed by atoms with Crippen LogP contribution in [0.1, 0.15) is 30.0 Å². The van der Waals surface area contributed by atoms with Crippen LogP contribution in [0, 0.1) is 6.92 Å². The lowest BCUT2D eigenvalue weighted by Gasteiger charge is -2.21. The molecule has 0 aliphatic carbocycles. The number of carbonyl (C=O) groups is 1. The minimum atomic E-state index is -0.392. The molecule has 4 heteroatoms. The van der Waals surface area contributed by atoms with Gasteiger partial charge in [0.15, 0.2) is 0 Å². The molecule has 1 aliphatic rings. The lowest BCUT2D eigenvalue weighted by Crippen LogP contribution is -2.37. The number of amides is 1. The molecule has 2 aromatic rings. The van der Waals surface area contributed by atoms with Crippen LogP contribution >= 0.6 is 0 Å². The SMILES string of the molecule is Cc1ccc(NC(=O)[C@H](NC[C@H]2CCCO2)c2ccccc2)cc1. The molecule has 1 fully saturated rings. The molecule has 24 heavy (non-hydrogen) atoms. The second-order valence-electron chi connectivity index (χ2n) is 6.24. The number of ether oxygens (including phenoxy) is 1. The minimum absolute atomic E-state index is 0.0527. The van der Waals surface area contributed by atoms with Gasteiger partial charge in [0, 0.05) is 18.8 Å². The van der Waals surface area contributed by atoms with Crippen LogP contribution in [0.25, 0.3) is 0 Å². The van der Waals surface area contributed by atoms with Gasteiger partial charge in [0.05, 0.1) is 6.10 Å². The normalized spacial score (nSPS) is 18.3. The van der Waals surface area contributed by atoms with Gasteiger partial charge >= 0.3 is 0 Å². The molecule has 0 saturated carbocycles. The van der Waals surface area contributed by atoms with Gasteiger partial charge in [-0.15, -0.1) is 0 Å². The lowest BCUT2D eigenvalue weighted by atomic mass is 10.1. The summed E-state index contributed by atoms with van der Waals surface area (Å²) in [7, 11) is 0. The van der Waals surface area contributed by atoms with Gasteiger partial charge in [-0.05, 0) is 37.5 Å². The largest absolute Gasteiger partial charge is 0.377 e. The van der Waals surface area contributed by atoms with Gasteiger partial charge in [-0.3, -0.25) is 10.1 Å². The third-order valence-electron chi connectivity index (χ3n) is 4.29. The molecule has 4 nitrogen and oxygen atoms in total. The van der Waals surface area contributed by atoms with E-state index in [4.69, 9.17) is 4.74 Å². The first-order chi connectivity index (χ1) is 11.7. The average Bonchev–Trinajstić information content (AvgIpc) is 3.12. The number of nitrogens with one attached hydrogen (secondary N) is 2. The summed E-state index contributed by atoms with van der Waals surface area (Å²) >= 11 is 0. The molecule has 0 bridgehead atoms. The Morgan fingerprint density at radius 2 is 1.92 bits per heavy atom. The summed E-state index contributed by atoms with van der Waals surface area (Å²) in [5.74, 6) is -0.0527. The van der Waals surface area contributed by atoms with Crippen LogP contribution in [0.3, 0.4) is 0 Å². The van der Waals surface area contributed by atoms with Crippen molar-refractivity contribution < 1.29 is 9.53 Å². The highest BCUT2D eigenvalue weighted by molar-refractivity contribution is 5.95. The Morgan fingerprint density at radius 1 is 1.17 bits per heavy atom. The van der Waals surface area contributed by atoms with Crippen molar-refractivity contribution in [1.82, 2.24) is 5.32 Å². The van der Waals surface area contributed by atoms with Crippen molar-refractivity contribution in [1.29, 1.82) is 0 Å². The molecule has 1 heterocycles. The fraction of sp³-hybridized carbons (Fsp3) is 0.350. The number of anilines is 1. The number of hydrogen-bond donors (Lipinski definition) is 2. The fourth-order valence-electron chi connectivity index (χ4n) is 2.91. The molecule has 1 amide bonds. The lowest BCUT2D eigenvalue weighted by molar-refractivity contribution is -0.118. The second-order valence-corrected chi connectivity index (χ2v) is 6.24. The van der Waals surface area contributed by atoms with Crippen molar-refractivity contribution in [3.8, 4) is 0 Å². The van der Waals surface area contributed by atoms with E-state index in [1.807, 2.05) is 61.5 Å². The van der Waals surface area contributed by atoms with Crippen LogP contribution in [-0.4, -0.2) is 25.2 Å². The third kappa shape index (κ3) is 4.43. The number of benzene rings is 2. The Bertz CT molecular complexity index is 649. The molecule has 2 aromatic carbocycles. The third-order valence-corrected chi connectivity index (χ3v) is 4.29. The Labute approximate surface area is 143 Å². The molecule has 2 atom stereocenters. The molecule has 0 aromatic heterocycles. The molecule has 1 aliphatic heterocycles. The van der Waals surface area contributed by atoms with Crippen molar-refractivity contribution in [3.63, 3.8) is 0 Å². The first-order valence-electron chi connectivity index (χ1n) is 8.50. The maximum atomic E-state index is 12.8. The van der Waals surface area contributed by atoms with Gasteiger partial charge in [-0.25, -0.2) is 0 Å². The zero-order chi connectivity index (χ0) is 16.8. The summed E-state index contributed by atoms with van der Waals surface area (Å²) in [5, 5.41) is 6.37. The van der Waals surface area contributed by atoms with Gasteiger partial charge in [0.2, 0.25) is 5.91 Å². The summed E-state index contributed by atoms with van der Waals surface area (Å²) in [5.41, 5.74) is 2.94. The smallest absolute Gasteiger partial charge is 0.246 e. The molecule has 126 valence electrons. The van der Waals surface area contributed by atoms with Crippen LogP contribution in [0.5, 0.6) is 0 Å². The van der Waals surface area contributed by atoms with E-state index in [9.17, 15) is 4.79 Å². The maximum Gasteiger partial charge on any atom is 0.246 e. The van der Waals surface area contributed by atoms with E-state index >= 15 is 0 Å². The summed E-state index contributed by atoms with van der Waals surface area (Å²) in [6.45, 7) is 3.53. The van der Waals surface area contributed by atoms with E-state index in [0.29, 0.717) is 6.54 Å². The van der Waals surface area contributed by atoms with E-state index in [1.54, 1.807) is 0 Å². The van der Waals surface area contributed by atoms with Crippen LogP contribution in [0.4, 0.5) is 5.69 Å². The predicted octanol–water partition coefficient (Wildman–Crippen LogP) is 3.44. The van der Waals surface area contributed by atoms with Crippen molar-refractivity contribution in [2.24, 2.45) is 0 Å². The molecule has 2 N–H and O–H groups in total. The quantitative estimate of drug-likeness (QED) is 0.856. The Morgan fingerprint density at radius 3 is 2.58 bits per heavy atom. The summed E-state index contributed by atoms with van der Waals surface area (Å²) in [6.07, 6.45) is 2.34. The summed E-state index contributed by atoms with van der Waals surface area (Å²) in [4.78, 5) is 12.8. The van der Waals surface area contributed by atoms with Gasteiger partial charge in [-0.2, -0.15) is 0 Å². The highest BCUT2D eigenvalue weighted by Crippen LogP contribution is 2.18. The fourth-order valence-corrected chi connectivity index (χ4v) is 2.91. The molecule has 1 saturated heterocycles. The van der Waals surface area contributed by atoms with Gasteiger partial charge in [0.1, 0.15) is 6.04 Å². The molecule has 0 spiro atoms. The zero-order valence-corrected chi connectivity index (χ0v) is 14.0. The number of hydrogen-bond acceptors (Lipinski definition) is 3. The van der Waals surface area contributed by atoms with Crippen molar-refractivity contribution in [2.75, 3.05) is 18.5 Å². The molecule has 3 rings (SSSR count). The monoisotopic (exact) mass is 324 g/mol. The van der Waals surface area contributed by atoms with E-state index in [0.717, 1.165) is 30.7 Å². The Balaban J connectivity index is 1.70. The van der Waals surface area contributed by atoms with Crippen LogP contribution in [0.15, 0.2) is 54.6 Å². The molecule has 0 radical (unpaired) electrons. The van der Waals surface area contributed by atoms with E-state index in [2.05, 4.69) is 10.6 Å². The predicted molar refractivity (Wildman–Crippen MR) is 96.0 cm³/mol. The standard InChI is InChI=1S/C20H24N2O2/c1-15-9-11-17(12-10-15)22-20(23)19(16-6-3-2-4-7-16)21-14-18-8-5-13-24-18/h2-4,6-7,9-12,18-19,21H,5,8,13-14H2,1H3,(H,22,23)/t18-,19-/m1/s1. The number of rotatable bonds is 6. The molecule has 0 unspecified atom stereocenters. The zero-order valence-electron chi connectivity index (χ0n) is 14.0. The number of aryl methyl sites for hydroxylation is 1. The van der Waals surface area contributed by atoms with Crippen LogP contribution < -0.4 is 10.6 Å². The minimum Gasteiger partial charge on any atom is -0.377 e. The van der Waals surface area contributed by atoms with Gasteiger partial charge < -0.3 is 10.1 Å². The topological polar surface area (TPSA) is 50.4 Å². The van der Waals surface area contributed by atoms with Crippen molar-refractivity contribution >= 4 is 11.6 Å². The molecular weight excluding hydrogens is 300 g/mol. The van der Waals surface area contributed by atoms with Crippen LogP contribution in [-0.2, 0) is 9.53 Å². The van der Waals surface area contributed by atoms with E-state index in [1.165, 1.54) is 5.56 Å². The highest BCUT2D eigenvalue weighted by Gasteiger charge is 2.23. The number of carbonyl (C=O) groups excluding carboxylic acids is 1. The van der Waals surface area contributed by atoms with Crippen molar-refractivity contribution in [2.45, 2.75) is 31.9 Å². The van der Waals surface area contributed by atoms with Gasteiger partial charge in [-0.1, -0.05) is 48.0 Å². The molecular formula is C20H24N2O2.